The fourth-order valence-corrected chi connectivity index (χ4v) is 2.14. The summed E-state index contributed by atoms with van der Waals surface area (Å²) in [5.74, 6) is 0.524. The second-order valence-electron chi connectivity index (χ2n) is 4.92. The summed E-state index contributed by atoms with van der Waals surface area (Å²) in [6, 6.07) is 13.7. The number of carbonyl (C=O) groups excluding carboxylic acids is 1. The highest BCUT2D eigenvalue weighted by Gasteiger charge is 2.15. The van der Waals surface area contributed by atoms with Crippen LogP contribution in [-0.2, 0) is 17.8 Å². The van der Waals surface area contributed by atoms with Gasteiger partial charge in [-0.05, 0) is 24.6 Å². The van der Waals surface area contributed by atoms with Crippen LogP contribution in [0.4, 0.5) is 5.69 Å². The van der Waals surface area contributed by atoms with E-state index in [1.807, 2.05) is 31.2 Å². The number of nitro benzene ring substituents is 1. The van der Waals surface area contributed by atoms with Gasteiger partial charge in [0.1, 0.15) is 5.75 Å². The first-order chi connectivity index (χ1) is 11.1. The maximum atomic E-state index is 12.0. The molecule has 0 saturated carbocycles. The van der Waals surface area contributed by atoms with Crippen molar-refractivity contribution in [2.45, 2.75) is 19.9 Å². The lowest BCUT2D eigenvalue weighted by molar-refractivity contribution is -0.385. The van der Waals surface area contributed by atoms with Crippen molar-refractivity contribution in [3.63, 3.8) is 0 Å². The highest BCUT2D eigenvalue weighted by Crippen LogP contribution is 2.18. The van der Waals surface area contributed by atoms with Crippen LogP contribution in [0.5, 0.6) is 5.75 Å². The first-order valence-corrected chi connectivity index (χ1v) is 7.31. The molecule has 2 aromatic carbocycles. The van der Waals surface area contributed by atoms with Crippen molar-refractivity contribution in [2.75, 3.05) is 6.61 Å². The third-order valence-electron chi connectivity index (χ3n) is 3.26. The lowest BCUT2D eigenvalue weighted by Gasteiger charge is -2.07. The predicted octanol–water partition coefficient (Wildman–Crippen LogP) is 2.85. The minimum atomic E-state index is -0.477. The van der Waals surface area contributed by atoms with E-state index >= 15 is 0 Å². The average molecular weight is 314 g/mol. The molecule has 0 fully saturated rings. The van der Waals surface area contributed by atoms with Gasteiger partial charge in [-0.25, -0.2) is 0 Å². The summed E-state index contributed by atoms with van der Waals surface area (Å²) in [7, 11) is 0. The topological polar surface area (TPSA) is 81.5 Å². The van der Waals surface area contributed by atoms with Crippen LogP contribution >= 0.6 is 0 Å². The lowest BCUT2D eigenvalue weighted by Crippen LogP contribution is -2.24. The molecule has 23 heavy (non-hydrogen) atoms. The van der Waals surface area contributed by atoms with Gasteiger partial charge in [0.05, 0.1) is 18.0 Å². The number of nitrogens with zero attached hydrogens (tertiary/aromatic N) is 1. The van der Waals surface area contributed by atoms with Crippen LogP contribution in [0.2, 0.25) is 0 Å². The Hall–Kier alpha value is -2.89. The number of para-hydroxylation sites is 1. The summed E-state index contributed by atoms with van der Waals surface area (Å²) in [6.45, 7) is 2.88. The Morgan fingerprint density at radius 1 is 1.17 bits per heavy atom. The SMILES string of the molecule is CCOc1ccc(CNC(=O)Cc2ccccc2[N+](=O)[O-])cc1. The molecule has 0 radical (unpaired) electrons. The summed E-state index contributed by atoms with van der Waals surface area (Å²) in [5, 5.41) is 13.7. The molecule has 0 atom stereocenters. The Kier molecular flexibility index (Phi) is 5.68. The largest absolute Gasteiger partial charge is 0.494 e. The van der Waals surface area contributed by atoms with Gasteiger partial charge in [-0.1, -0.05) is 30.3 Å². The molecule has 1 amide bonds. The number of rotatable bonds is 7. The van der Waals surface area contributed by atoms with Crippen molar-refractivity contribution in [1.29, 1.82) is 0 Å². The summed E-state index contributed by atoms with van der Waals surface area (Å²) < 4.78 is 5.35. The van der Waals surface area contributed by atoms with Gasteiger partial charge in [0.2, 0.25) is 5.91 Å². The zero-order valence-electron chi connectivity index (χ0n) is 12.8. The normalized spacial score (nSPS) is 10.1. The van der Waals surface area contributed by atoms with Crippen LogP contribution in [0.25, 0.3) is 0 Å². The molecule has 1 N–H and O–H groups in total. The summed E-state index contributed by atoms with van der Waals surface area (Å²) in [4.78, 5) is 22.4. The Labute approximate surface area is 134 Å². The molecule has 0 aliphatic carbocycles. The molecule has 0 saturated heterocycles. The number of carbonyl (C=O) groups is 1. The van der Waals surface area contributed by atoms with E-state index in [1.54, 1.807) is 18.2 Å². The van der Waals surface area contributed by atoms with Gasteiger partial charge in [0.15, 0.2) is 0 Å². The molecule has 2 rings (SSSR count). The molecule has 2 aromatic rings. The van der Waals surface area contributed by atoms with E-state index in [4.69, 9.17) is 4.74 Å². The van der Waals surface area contributed by atoms with E-state index in [-0.39, 0.29) is 18.0 Å². The van der Waals surface area contributed by atoms with Crippen LogP contribution in [0.15, 0.2) is 48.5 Å². The van der Waals surface area contributed by atoms with Crippen molar-refractivity contribution in [3.8, 4) is 5.75 Å². The number of ether oxygens (including phenoxy) is 1. The van der Waals surface area contributed by atoms with Gasteiger partial charge in [0, 0.05) is 18.2 Å². The Morgan fingerprint density at radius 2 is 1.87 bits per heavy atom. The van der Waals surface area contributed by atoms with Gasteiger partial charge in [-0.15, -0.1) is 0 Å². The summed E-state index contributed by atoms with van der Waals surface area (Å²) in [5.41, 5.74) is 1.30. The minimum absolute atomic E-state index is 0.0197. The van der Waals surface area contributed by atoms with E-state index in [2.05, 4.69) is 5.32 Å². The van der Waals surface area contributed by atoms with Crippen LogP contribution in [0, 0.1) is 10.1 Å². The van der Waals surface area contributed by atoms with E-state index in [1.165, 1.54) is 6.07 Å². The molecular weight excluding hydrogens is 296 g/mol. The van der Waals surface area contributed by atoms with Crippen LogP contribution in [-0.4, -0.2) is 17.4 Å². The molecule has 0 aromatic heterocycles. The number of amides is 1. The summed E-state index contributed by atoms with van der Waals surface area (Å²) >= 11 is 0. The minimum Gasteiger partial charge on any atom is -0.494 e. The van der Waals surface area contributed by atoms with E-state index < -0.39 is 4.92 Å². The highest BCUT2D eigenvalue weighted by molar-refractivity contribution is 5.79. The first-order valence-electron chi connectivity index (χ1n) is 7.31. The Balaban J connectivity index is 1.91. The Bertz CT molecular complexity index is 683. The Morgan fingerprint density at radius 3 is 2.52 bits per heavy atom. The smallest absolute Gasteiger partial charge is 0.273 e. The monoisotopic (exact) mass is 314 g/mol. The molecule has 120 valence electrons. The molecule has 6 nitrogen and oxygen atoms in total. The molecule has 0 aliphatic rings. The first kappa shape index (κ1) is 16.5. The van der Waals surface area contributed by atoms with Crippen molar-refractivity contribution < 1.29 is 14.5 Å². The molecule has 0 bridgehead atoms. The number of hydrogen-bond donors (Lipinski definition) is 1. The molecule has 6 heteroatoms. The van der Waals surface area contributed by atoms with Crippen molar-refractivity contribution in [3.05, 3.63) is 69.8 Å². The zero-order chi connectivity index (χ0) is 16.7. The van der Waals surface area contributed by atoms with Gasteiger partial charge < -0.3 is 10.1 Å². The standard InChI is InChI=1S/C17H18N2O4/c1-2-23-15-9-7-13(8-10-15)12-18-17(20)11-14-5-3-4-6-16(14)19(21)22/h3-10H,2,11-12H2,1H3,(H,18,20). The number of benzene rings is 2. The van der Waals surface area contributed by atoms with Crippen molar-refractivity contribution in [1.82, 2.24) is 5.32 Å². The number of hydrogen-bond acceptors (Lipinski definition) is 4. The molecule has 0 heterocycles. The molecular formula is C17H18N2O4. The predicted molar refractivity (Wildman–Crippen MR) is 86.3 cm³/mol. The third kappa shape index (κ3) is 4.81. The van der Waals surface area contributed by atoms with Crippen molar-refractivity contribution in [2.24, 2.45) is 0 Å². The second kappa shape index (κ2) is 7.93. The zero-order valence-corrected chi connectivity index (χ0v) is 12.8. The number of nitrogens with one attached hydrogen (secondary N) is 1. The fourth-order valence-electron chi connectivity index (χ4n) is 2.14. The van der Waals surface area contributed by atoms with Crippen LogP contribution in [0.1, 0.15) is 18.1 Å². The van der Waals surface area contributed by atoms with Gasteiger partial charge in [0.25, 0.3) is 5.69 Å². The van der Waals surface area contributed by atoms with Crippen LogP contribution < -0.4 is 10.1 Å². The number of nitro groups is 1. The maximum Gasteiger partial charge on any atom is 0.273 e. The van der Waals surface area contributed by atoms with Gasteiger partial charge in [-0.3, -0.25) is 14.9 Å². The van der Waals surface area contributed by atoms with E-state index in [0.29, 0.717) is 18.7 Å². The highest BCUT2D eigenvalue weighted by atomic mass is 16.6. The molecule has 0 aliphatic heterocycles. The maximum absolute atomic E-state index is 12.0. The average Bonchev–Trinajstić information content (AvgIpc) is 2.55. The quantitative estimate of drug-likeness (QED) is 0.629. The van der Waals surface area contributed by atoms with Gasteiger partial charge >= 0.3 is 0 Å². The lowest BCUT2D eigenvalue weighted by atomic mass is 10.1. The second-order valence-corrected chi connectivity index (χ2v) is 4.92. The van der Waals surface area contributed by atoms with E-state index in [9.17, 15) is 14.9 Å². The molecule has 0 spiro atoms. The van der Waals surface area contributed by atoms with Crippen LogP contribution in [0.3, 0.4) is 0 Å². The van der Waals surface area contributed by atoms with Gasteiger partial charge in [-0.2, -0.15) is 0 Å². The fraction of sp³-hybridized carbons (Fsp3) is 0.235. The van der Waals surface area contributed by atoms with E-state index in [0.717, 1.165) is 11.3 Å². The third-order valence-corrected chi connectivity index (χ3v) is 3.26. The van der Waals surface area contributed by atoms with Crippen molar-refractivity contribution >= 4 is 11.6 Å². The molecule has 0 unspecified atom stereocenters. The summed E-state index contributed by atoms with van der Waals surface area (Å²) in [6.07, 6.45) is -0.0197.